The second-order valence-electron chi connectivity index (χ2n) is 3.56. The van der Waals surface area contributed by atoms with E-state index in [1.807, 2.05) is 32.0 Å². The molecule has 0 aliphatic carbocycles. The van der Waals surface area contributed by atoms with Gasteiger partial charge in [-0.3, -0.25) is 0 Å². The molecule has 0 unspecified atom stereocenters. The van der Waals surface area contributed by atoms with E-state index in [1.54, 1.807) is 0 Å². The van der Waals surface area contributed by atoms with E-state index in [9.17, 15) is 0 Å². The SMILES string of the molecule is CC1(C)OCOc2ccc(Cl)cc21. The van der Waals surface area contributed by atoms with Crippen LogP contribution < -0.4 is 4.74 Å². The number of hydrogen-bond donors (Lipinski definition) is 0. The minimum atomic E-state index is -0.307. The van der Waals surface area contributed by atoms with Crippen molar-refractivity contribution in [2.45, 2.75) is 19.4 Å². The Labute approximate surface area is 82.4 Å². The van der Waals surface area contributed by atoms with Crippen molar-refractivity contribution in [1.29, 1.82) is 0 Å². The highest BCUT2D eigenvalue weighted by Crippen LogP contribution is 2.37. The fraction of sp³-hybridized carbons (Fsp3) is 0.400. The van der Waals surface area contributed by atoms with Crippen molar-refractivity contribution < 1.29 is 9.47 Å². The summed E-state index contributed by atoms with van der Waals surface area (Å²) in [6.07, 6.45) is 0. The smallest absolute Gasteiger partial charge is 0.190 e. The Morgan fingerprint density at radius 2 is 2.15 bits per heavy atom. The molecule has 2 nitrogen and oxygen atoms in total. The largest absolute Gasteiger partial charge is 0.467 e. The van der Waals surface area contributed by atoms with Crippen LogP contribution in [0.25, 0.3) is 0 Å². The Morgan fingerprint density at radius 1 is 1.38 bits per heavy atom. The average molecular weight is 199 g/mol. The van der Waals surface area contributed by atoms with Gasteiger partial charge in [-0.2, -0.15) is 0 Å². The lowest BCUT2D eigenvalue weighted by molar-refractivity contribution is -0.112. The Kier molecular flexibility index (Phi) is 1.97. The molecule has 0 aromatic heterocycles. The summed E-state index contributed by atoms with van der Waals surface area (Å²) in [7, 11) is 0. The van der Waals surface area contributed by atoms with E-state index in [-0.39, 0.29) is 5.60 Å². The van der Waals surface area contributed by atoms with Crippen LogP contribution in [0.2, 0.25) is 5.02 Å². The molecule has 2 rings (SSSR count). The summed E-state index contributed by atoms with van der Waals surface area (Å²) in [5.41, 5.74) is 0.699. The van der Waals surface area contributed by atoms with Gasteiger partial charge < -0.3 is 9.47 Å². The molecule has 0 radical (unpaired) electrons. The Morgan fingerprint density at radius 3 is 2.92 bits per heavy atom. The van der Waals surface area contributed by atoms with E-state index in [0.717, 1.165) is 11.3 Å². The van der Waals surface area contributed by atoms with Gasteiger partial charge in [0.25, 0.3) is 0 Å². The van der Waals surface area contributed by atoms with E-state index in [4.69, 9.17) is 21.1 Å². The van der Waals surface area contributed by atoms with E-state index >= 15 is 0 Å². The number of benzene rings is 1. The number of fused-ring (bicyclic) bond motifs is 1. The molecule has 70 valence electrons. The Balaban J connectivity index is 2.55. The summed E-state index contributed by atoms with van der Waals surface area (Å²) in [6, 6.07) is 5.58. The van der Waals surface area contributed by atoms with Gasteiger partial charge in [0, 0.05) is 10.6 Å². The molecule has 0 bridgehead atoms. The summed E-state index contributed by atoms with van der Waals surface area (Å²) in [5, 5.41) is 0.709. The topological polar surface area (TPSA) is 18.5 Å². The summed E-state index contributed by atoms with van der Waals surface area (Å²) >= 11 is 5.89. The zero-order valence-corrected chi connectivity index (χ0v) is 8.39. The molecule has 1 aliphatic heterocycles. The summed E-state index contributed by atoms with van der Waals surface area (Å²) in [5.74, 6) is 0.862. The first-order chi connectivity index (χ1) is 6.09. The van der Waals surface area contributed by atoms with Gasteiger partial charge in [-0.1, -0.05) is 11.6 Å². The Hall–Kier alpha value is -0.730. The van der Waals surface area contributed by atoms with Crippen molar-refractivity contribution in [3.05, 3.63) is 28.8 Å². The molecule has 0 saturated heterocycles. The summed E-state index contributed by atoms with van der Waals surface area (Å²) in [4.78, 5) is 0. The molecule has 1 aromatic rings. The van der Waals surface area contributed by atoms with Crippen molar-refractivity contribution in [1.82, 2.24) is 0 Å². The van der Waals surface area contributed by atoms with Gasteiger partial charge in [0.1, 0.15) is 5.75 Å². The van der Waals surface area contributed by atoms with Crippen LogP contribution in [0.3, 0.4) is 0 Å². The van der Waals surface area contributed by atoms with Crippen LogP contribution in [0.15, 0.2) is 18.2 Å². The molecule has 0 amide bonds. The van der Waals surface area contributed by atoms with Crippen LogP contribution >= 0.6 is 11.6 Å². The van der Waals surface area contributed by atoms with E-state index in [0.29, 0.717) is 11.8 Å². The van der Waals surface area contributed by atoms with E-state index in [1.165, 1.54) is 0 Å². The third kappa shape index (κ3) is 1.52. The molecule has 13 heavy (non-hydrogen) atoms. The monoisotopic (exact) mass is 198 g/mol. The molecule has 1 aromatic carbocycles. The van der Waals surface area contributed by atoms with E-state index in [2.05, 4.69) is 0 Å². The second-order valence-corrected chi connectivity index (χ2v) is 3.99. The Bertz CT molecular complexity index is 334. The quantitative estimate of drug-likeness (QED) is 0.638. The van der Waals surface area contributed by atoms with Gasteiger partial charge in [0.15, 0.2) is 6.79 Å². The molecule has 0 atom stereocenters. The number of ether oxygens (including phenoxy) is 2. The molecule has 1 aliphatic rings. The maximum absolute atomic E-state index is 5.89. The van der Waals surface area contributed by atoms with Crippen molar-refractivity contribution in [2.24, 2.45) is 0 Å². The second kappa shape index (κ2) is 2.89. The van der Waals surface area contributed by atoms with Gasteiger partial charge in [-0.05, 0) is 32.0 Å². The minimum Gasteiger partial charge on any atom is -0.467 e. The third-order valence-electron chi connectivity index (χ3n) is 2.22. The van der Waals surface area contributed by atoms with Crippen molar-refractivity contribution in [3.8, 4) is 5.75 Å². The van der Waals surface area contributed by atoms with Crippen LogP contribution in [0.4, 0.5) is 0 Å². The highest BCUT2D eigenvalue weighted by atomic mass is 35.5. The van der Waals surface area contributed by atoms with Crippen LogP contribution in [0.5, 0.6) is 5.75 Å². The van der Waals surface area contributed by atoms with Crippen LogP contribution in [-0.4, -0.2) is 6.79 Å². The number of halogens is 1. The molecular formula is C10H11ClO2. The molecule has 0 fully saturated rings. The fourth-order valence-corrected chi connectivity index (χ4v) is 1.59. The highest BCUT2D eigenvalue weighted by Gasteiger charge is 2.29. The summed E-state index contributed by atoms with van der Waals surface area (Å²) < 4.78 is 10.8. The van der Waals surface area contributed by atoms with Crippen molar-refractivity contribution in [2.75, 3.05) is 6.79 Å². The van der Waals surface area contributed by atoms with Gasteiger partial charge >= 0.3 is 0 Å². The first kappa shape index (κ1) is 8.85. The maximum Gasteiger partial charge on any atom is 0.190 e. The first-order valence-corrected chi connectivity index (χ1v) is 4.54. The summed E-state index contributed by atoms with van der Waals surface area (Å²) in [6.45, 7) is 4.32. The van der Waals surface area contributed by atoms with Gasteiger partial charge in [0.05, 0.1) is 5.60 Å². The zero-order valence-electron chi connectivity index (χ0n) is 7.63. The van der Waals surface area contributed by atoms with Crippen molar-refractivity contribution >= 4 is 11.6 Å². The van der Waals surface area contributed by atoms with Gasteiger partial charge in [-0.25, -0.2) is 0 Å². The molecule has 0 N–H and O–H groups in total. The van der Waals surface area contributed by atoms with Crippen molar-refractivity contribution in [3.63, 3.8) is 0 Å². The molecule has 3 heteroatoms. The van der Waals surface area contributed by atoms with Crippen LogP contribution in [-0.2, 0) is 10.3 Å². The molecular weight excluding hydrogens is 188 g/mol. The highest BCUT2D eigenvalue weighted by molar-refractivity contribution is 6.30. The maximum atomic E-state index is 5.89. The number of rotatable bonds is 0. The molecule has 0 saturated carbocycles. The number of hydrogen-bond acceptors (Lipinski definition) is 2. The molecule has 1 heterocycles. The average Bonchev–Trinajstić information content (AvgIpc) is 2.06. The van der Waals surface area contributed by atoms with E-state index < -0.39 is 0 Å². The van der Waals surface area contributed by atoms with Crippen LogP contribution in [0.1, 0.15) is 19.4 Å². The zero-order chi connectivity index (χ0) is 9.47. The predicted octanol–water partition coefficient (Wildman–Crippen LogP) is 2.94. The molecule has 0 spiro atoms. The van der Waals surface area contributed by atoms with Gasteiger partial charge in [0.2, 0.25) is 0 Å². The van der Waals surface area contributed by atoms with Crippen LogP contribution in [0, 0.1) is 0 Å². The first-order valence-electron chi connectivity index (χ1n) is 4.16. The lowest BCUT2D eigenvalue weighted by atomic mass is 9.96. The third-order valence-corrected chi connectivity index (χ3v) is 2.46. The predicted molar refractivity (Wildman–Crippen MR) is 51.1 cm³/mol. The minimum absolute atomic E-state index is 0.307. The van der Waals surface area contributed by atoms with Gasteiger partial charge in [-0.15, -0.1) is 0 Å². The fourth-order valence-electron chi connectivity index (χ4n) is 1.42. The lowest BCUT2D eigenvalue weighted by Gasteiger charge is -2.32. The normalized spacial score (nSPS) is 19.0. The standard InChI is InChI=1S/C10H11ClO2/c1-10(2)8-5-7(11)3-4-9(8)12-6-13-10/h3-5H,6H2,1-2H3. The lowest BCUT2D eigenvalue weighted by Crippen LogP contribution is -2.29.